The van der Waals surface area contributed by atoms with Crippen LogP contribution in [0.4, 0.5) is 0 Å². The minimum Gasteiger partial charge on any atom is -0.479 e. The summed E-state index contributed by atoms with van der Waals surface area (Å²) in [5.74, 6) is -0.421. The molecule has 0 amide bonds. The van der Waals surface area contributed by atoms with Crippen LogP contribution in [-0.4, -0.2) is 18.5 Å². The molecule has 4 nitrogen and oxygen atoms in total. The number of oxime groups is 1. The number of nitrogens with zero attached hydrogens (tertiary/aromatic N) is 1. The highest BCUT2D eigenvalue weighted by Gasteiger charge is 2.12. The van der Waals surface area contributed by atoms with E-state index in [2.05, 4.69) is 9.99 Å². The normalized spacial score (nSPS) is 11.2. The van der Waals surface area contributed by atoms with Crippen LogP contribution < -0.4 is 0 Å². The van der Waals surface area contributed by atoms with Crippen molar-refractivity contribution < 1.29 is 14.4 Å². The molecule has 6 heteroatoms. The SMILES string of the molecule is CCO/C(C)=N/OC(=O)c1cc(Cl)ccc1Cl. The number of carbonyl (C=O) groups excluding carboxylic acids is 1. The van der Waals surface area contributed by atoms with Crippen molar-refractivity contribution in [2.75, 3.05) is 6.61 Å². The van der Waals surface area contributed by atoms with Crippen LogP contribution in [0.5, 0.6) is 0 Å². The predicted molar refractivity (Wildman–Crippen MR) is 66.6 cm³/mol. The summed E-state index contributed by atoms with van der Waals surface area (Å²) in [6, 6.07) is 4.51. The lowest BCUT2D eigenvalue weighted by Gasteiger charge is -2.03. The quantitative estimate of drug-likeness (QED) is 0.367. The van der Waals surface area contributed by atoms with Gasteiger partial charge in [-0.1, -0.05) is 23.2 Å². The van der Waals surface area contributed by atoms with Crippen molar-refractivity contribution in [2.45, 2.75) is 13.8 Å². The van der Waals surface area contributed by atoms with E-state index in [-0.39, 0.29) is 16.5 Å². The van der Waals surface area contributed by atoms with Gasteiger partial charge >= 0.3 is 5.97 Å². The van der Waals surface area contributed by atoms with E-state index in [1.807, 2.05) is 0 Å². The van der Waals surface area contributed by atoms with Crippen molar-refractivity contribution in [3.63, 3.8) is 0 Å². The number of benzene rings is 1. The molecule has 0 unspecified atom stereocenters. The molecule has 0 atom stereocenters. The molecule has 0 aliphatic carbocycles. The van der Waals surface area contributed by atoms with Crippen molar-refractivity contribution in [1.82, 2.24) is 0 Å². The summed E-state index contributed by atoms with van der Waals surface area (Å²) in [7, 11) is 0. The van der Waals surface area contributed by atoms with Gasteiger partial charge in [0.15, 0.2) is 0 Å². The van der Waals surface area contributed by atoms with Gasteiger partial charge in [-0.05, 0) is 30.3 Å². The summed E-state index contributed by atoms with van der Waals surface area (Å²) in [5, 5.41) is 4.15. The number of halogens is 2. The minimum atomic E-state index is -0.684. The summed E-state index contributed by atoms with van der Waals surface area (Å²) >= 11 is 11.6. The molecule has 1 aromatic carbocycles. The van der Waals surface area contributed by atoms with E-state index in [1.54, 1.807) is 19.9 Å². The molecule has 0 heterocycles. The van der Waals surface area contributed by atoms with E-state index in [0.29, 0.717) is 11.6 Å². The van der Waals surface area contributed by atoms with Gasteiger partial charge in [-0.3, -0.25) is 0 Å². The van der Waals surface area contributed by atoms with E-state index < -0.39 is 5.97 Å². The van der Waals surface area contributed by atoms with Crippen molar-refractivity contribution >= 4 is 35.1 Å². The number of rotatable bonds is 3. The Morgan fingerprint density at radius 3 is 2.76 bits per heavy atom. The largest absolute Gasteiger partial charge is 0.479 e. The summed E-state index contributed by atoms with van der Waals surface area (Å²) in [6.45, 7) is 3.83. The second-order valence-corrected chi connectivity index (χ2v) is 3.89. The molecule has 0 saturated heterocycles. The molecule has 0 spiro atoms. The Labute approximate surface area is 109 Å². The molecule has 0 saturated carbocycles. The standard InChI is InChI=1S/C11H11Cl2NO3/c1-3-16-7(2)14-17-11(15)9-6-8(12)4-5-10(9)13/h4-6H,3H2,1-2H3/b14-7+. The van der Waals surface area contributed by atoms with E-state index in [9.17, 15) is 4.79 Å². The fourth-order valence-electron chi connectivity index (χ4n) is 1.04. The molecule has 0 aromatic heterocycles. The summed E-state index contributed by atoms with van der Waals surface area (Å²) in [5.41, 5.74) is 0.159. The average molecular weight is 276 g/mol. The lowest BCUT2D eigenvalue weighted by atomic mass is 10.2. The summed E-state index contributed by atoms with van der Waals surface area (Å²) in [6.07, 6.45) is 0. The molecule has 0 N–H and O–H groups in total. The molecule has 0 radical (unpaired) electrons. The Morgan fingerprint density at radius 1 is 1.41 bits per heavy atom. The fraction of sp³-hybridized carbons (Fsp3) is 0.273. The highest BCUT2D eigenvalue weighted by Crippen LogP contribution is 2.21. The van der Waals surface area contributed by atoms with Crippen LogP contribution in [0.1, 0.15) is 24.2 Å². The molecular weight excluding hydrogens is 265 g/mol. The Bertz CT molecular complexity index is 446. The lowest BCUT2D eigenvalue weighted by molar-refractivity contribution is 0.0501. The minimum absolute atomic E-state index is 0.159. The van der Waals surface area contributed by atoms with Crippen LogP contribution in [0, 0.1) is 0 Å². The van der Waals surface area contributed by atoms with Crippen molar-refractivity contribution in [3.8, 4) is 0 Å². The first-order valence-electron chi connectivity index (χ1n) is 4.88. The molecule has 17 heavy (non-hydrogen) atoms. The van der Waals surface area contributed by atoms with Gasteiger partial charge in [0.05, 0.1) is 17.2 Å². The number of carbonyl (C=O) groups is 1. The monoisotopic (exact) mass is 275 g/mol. The summed E-state index contributed by atoms with van der Waals surface area (Å²) in [4.78, 5) is 16.3. The van der Waals surface area contributed by atoms with Gasteiger partial charge < -0.3 is 9.57 Å². The maximum atomic E-state index is 11.6. The summed E-state index contributed by atoms with van der Waals surface area (Å²) < 4.78 is 5.00. The first kappa shape index (κ1) is 13.8. The Balaban J connectivity index is 2.76. The highest BCUT2D eigenvalue weighted by atomic mass is 35.5. The maximum absolute atomic E-state index is 11.6. The zero-order valence-electron chi connectivity index (χ0n) is 9.37. The lowest BCUT2D eigenvalue weighted by Crippen LogP contribution is -2.06. The second-order valence-electron chi connectivity index (χ2n) is 3.05. The van der Waals surface area contributed by atoms with Crippen LogP contribution in [0.2, 0.25) is 10.0 Å². The van der Waals surface area contributed by atoms with Gasteiger partial charge in [-0.2, -0.15) is 0 Å². The van der Waals surface area contributed by atoms with Crippen LogP contribution in [0.15, 0.2) is 23.4 Å². The van der Waals surface area contributed by atoms with Crippen LogP contribution in [0.25, 0.3) is 0 Å². The Hall–Kier alpha value is -1.26. The third-order valence-corrected chi connectivity index (χ3v) is 2.32. The third-order valence-electron chi connectivity index (χ3n) is 1.76. The molecular formula is C11H11Cl2NO3. The molecule has 0 bridgehead atoms. The van der Waals surface area contributed by atoms with E-state index in [1.165, 1.54) is 12.1 Å². The van der Waals surface area contributed by atoms with Crippen molar-refractivity contribution in [3.05, 3.63) is 33.8 Å². The van der Waals surface area contributed by atoms with E-state index in [4.69, 9.17) is 27.9 Å². The van der Waals surface area contributed by atoms with Gasteiger partial charge in [0.2, 0.25) is 5.90 Å². The molecule has 92 valence electrons. The average Bonchev–Trinajstić information content (AvgIpc) is 2.29. The first-order chi connectivity index (χ1) is 8.04. The zero-order valence-corrected chi connectivity index (χ0v) is 10.9. The maximum Gasteiger partial charge on any atom is 0.367 e. The van der Waals surface area contributed by atoms with E-state index >= 15 is 0 Å². The fourth-order valence-corrected chi connectivity index (χ4v) is 1.41. The first-order valence-corrected chi connectivity index (χ1v) is 5.64. The van der Waals surface area contributed by atoms with Gasteiger partial charge in [0.25, 0.3) is 0 Å². The molecule has 1 aromatic rings. The second kappa shape index (κ2) is 6.47. The molecule has 0 aliphatic heterocycles. The molecule has 0 fully saturated rings. The number of ether oxygens (including phenoxy) is 1. The van der Waals surface area contributed by atoms with E-state index in [0.717, 1.165) is 0 Å². The smallest absolute Gasteiger partial charge is 0.367 e. The third kappa shape index (κ3) is 4.24. The molecule has 1 rings (SSSR count). The van der Waals surface area contributed by atoms with Crippen LogP contribution >= 0.6 is 23.2 Å². The van der Waals surface area contributed by atoms with Crippen molar-refractivity contribution in [1.29, 1.82) is 0 Å². The Morgan fingerprint density at radius 2 is 2.12 bits per heavy atom. The van der Waals surface area contributed by atoms with Gasteiger partial charge in [-0.15, -0.1) is 0 Å². The molecule has 0 aliphatic rings. The van der Waals surface area contributed by atoms with Gasteiger partial charge in [0, 0.05) is 11.9 Å². The number of hydrogen-bond donors (Lipinski definition) is 0. The highest BCUT2D eigenvalue weighted by molar-refractivity contribution is 6.35. The predicted octanol–water partition coefficient (Wildman–Crippen LogP) is 3.52. The zero-order chi connectivity index (χ0) is 12.8. The Kier molecular flexibility index (Phi) is 5.25. The topological polar surface area (TPSA) is 47.9 Å². The van der Waals surface area contributed by atoms with Crippen LogP contribution in [0.3, 0.4) is 0 Å². The number of hydrogen-bond acceptors (Lipinski definition) is 4. The van der Waals surface area contributed by atoms with Gasteiger partial charge in [-0.25, -0.2) is 4.79 Å². The van der Waals surface area contributed by atoms with Crippen LogP contribution in [-0.2, 0) is 9.57 Å². The van der Waals surface area contributed by atoms with Gasteiger partial charge in [0.1, 0.15) is 0 Å². The van der Waals surface area contributed by atoms with Crippen molar-refractivity contribution in [2.24, 2.45) is 5.16 Å².